The van der Waals surface area contributed by atoms with Crippen LogP contribution in [0.5, 0.6) is 5.75 Å². The van der Waals surface area contributed by atoms with Gasteiger partial charge in [0.15, 0.2) is 0 Å². The monoisotopic (exact) mass is 282 g/mol. The quantitative estimate of drug-likeness (QED) is 0.616. The van der Waals surface area contributed by atoms with Crippen LogP contribution >= 0.6 is 11.6 Å². The first-order valence-corrected chi connectivity index (χ1v) is 7.67. The van der Waals surface area contributed by atoms with E-state index in [0.717, 1.165) is 18.1 Å². The molecule has 0 bridgehead atoms. The van der Waals surface area contributed by atoms with Gasteiger partial charge in [-0.3, -0.25) is 0 Å². The Hall–Kier alpha value is -0.690. The largest absolute Gasteiger partial charge is 0.497 e. The van der Waals surface area contributed by atoms with Gasteiger partial charge in [0.1, 0.15) is 5.75 Å². The van der Waals surface area contributed by atoms with Gasteiger partial charge in [0, 0.05) is 5.88 Å². The van der Waals surface area contributed by atoms with Crippen LogP contribution in [0.2, 0.25) is 0 Å². The van der Waals surface area contributed by atoms with E-state index < -0.39 is 0 Å². The van der Waals surface area contributed by atoms with E-state index >= 15 is 0 Å². The van der Waals surface area contributed by atoms with Gasteiger partial charge >= 0.3 is 0 Å². The molecule has 108 valence electrons. The van der Waals surface area contributed by atoms with E-state index in [4.69, 9.17) is 16.3 Å². The molecule has 0 amide bonds. The molecule has 1 nitrogen and oxygen atoms in total. The molecule has 0 heterocycles. The van der Waals surface area contributed by atoms with Crippen molar-refractivity contribution in [1.29, 1.82) is 0 Å². The molecular weight excluding hydrogens is 256 g/mol. The third-order valence-electron chi connectivity index (χ3n) is 3.42. The maximum Gasteiger partial charge on any atom is 0.119 e. The van der Waals surface area contributed by atoms with Crippen molar-refractivity contribution in [3.05, 3.63) is 29.8 Å². The lowest BCUT2D eigenvalue weighted by Gasteiger charge is -2.20. The predicted octanol–water partition coefficient (Wildman–Crippen LogP) is 5.31. The third-order valence-corrected chi connectivity index (χ3v) is 3.85. The summed E-state index contributed by atoms with van der Waals surface area (Å²) in [7, 11) is 1.71. The molecule has 0 N–H and O–H groups in total. The summed E-state index contributed by atoms with van der Waals surface area (Å²) in [6, 6.07) is 8.31. The summed E-state index contributed by atoms with van der Waals surface area (Å²) in [5, 5.41) is 0. The van der Waals surface area contributed by atoms with Crippen LogP contribution in [-0.4, -0.2) is 13.0 Å². The zero-order chi connectivity index (χ0) is 14.3. The maximum absolute atomic E-state index is 6.11. The molecule has 2 heteroatoms. The molecule has 1 atom stereocenters. The highest BCUT2D eigenvalue weighted by atomic mass is 35.5. The van der Waals surface area contributed by atoms with Crippen LogP contribution in [0.3, 0.4) is 0 Å². The molecule has 1 rings (SSSR count). The lowest BCUT2D eigenvalue weighted by atomic mass is 9.87. The predicted molar refractivity (Wildman–Crippen MR) is 84.2 cm³/mol. The molecule has 0 fully saturated rings. The summed E-state index contributed by atoms with van der Waals surface area (Å²) < 4.78 is 5.26. The van der Waals surface area contributed by atoms with Gasteiger partial charge in [0.05, 0.1) is 7.11 Å². The molecule has 1 aromatic carbocycles. The van der Waals surface area contributed by atoms with Crippen LogP contribution in [0, 0.1) is 11.3 Å². The molecule has 0 aliphatic carbocycles. The minimum atomic E-state index is 0.423. The fourth-order valence-corrected chi connectivity index (χ4v) is 2.55. The van der Waals surface area contributed by atoms with Gasteiger partial charge in [-0.05, 0) is 48.3 Å². The number of rotatable bonds is 7. The first kappa shape index (κ1) is 16.4. The fourth-order valence-electron chi connectivity index (χ4n) is 2.29. The van der Waals surface area contributed by atoms with Crippen LogP contribution in [0.15, 0.2) is 24.3 Å². The molecule has 0 radical (unpaired) electrons. The van der Waals surface area contributed by atoms with Crippen molar-refractivity contribution < 1.29 is 4.74 Å². The van der Waals surface area contributed by atoms with Gasteiger partial charge in [-0.1, -0.05) is 39.3 Å². The van der Waals surface area contributed by atoms with Crippen molar-refractivity contribution in [3.63, 3.8) is 0 Å². The van der Waals surface area contributed by atoms with E-state index in [0.29, 0.717) is 11.3 Å². The molecule has 0 aliphatic rings. The van der Waals surface area contributed by atoms with E-state index in [9.17, 15) is 0 Å². The molecule has 0 aromatic heterocycles. The van der Waals surface area contributed by atoms with Crippen molar-refractivity contribution in [2.24, 2.45) is 11.3 Å². The lowest BCUT2D eigenvalue weighted by molar-refractivity contribution is 0.343. The second-order valence-electron chi connectivity index (χ2n) is 6.53. The molecule has 0 saturated heterocycles. The Labute approximate surface area is 123 Å². The summed E-state index contributed by atoms with van der Waals surface area (Å²) in [5.41, 5.74) is 1.74. The SMILES string of the molecule is COc1cccc(CC(CCl)CCCC(C)(C)C)c1. The van der Waals surface area contributed by atoms with E-state index in [1.807, 2.05) is 6.07 Å². The first-order chi connectivity index (χ1) is 8.94. The number of benzene rings is 1. The van der Waals surface area contributed by atoms with Crippen molar-refractivity contribution in [3.8, 4) is 5.75 Å². The van der Waals surface area contributed by atoms with Crippen molar-refractivity contribution in [2.45, 2.75) is 46.5 Å². The zero-order valence-corrected chi connectivity index (χ0v) is 13.5. The minimum Gasteiger partial charge on any atom is -0.497 e. The Balaban J connectivity index is 2.47. The number of ether oxygens (including phenoxy) is 1. The fraction of sp³-hybridized carbons (Fsp3) is 0.647. The lowest BCUT2D eigenvalue weighted by Crippen LogP contribution is -2.10. The summed E-state index contributed by atoms with van der Waals surface area (Å²) >= 11 is 6.11. The highest BCUT2D eigenvalue weighted by Gasteiger charge is 2.13. The Morgan fingerprint density at radius 2 is 2.00 bits per heavy atom. The Kier molecular flexibility index (Phi) is 6.71. The van der Waals surface area contributed by atoms with Crippen molar-refractivity contribution in [1.82, 2.24) is 0 Å². The molecule has 0 saturated carbocycles. The zero-order valence-electron chi connectivity index (χ0n) is 12.7. The van der Waals surface area contributed by atoms with Crippen molar-refractivity contribution >= 4 is 11.6 Å². The van der Waals surface area contributed by atoms with E-state index in [-0.39, 0.29) is 0 Å². The standard InChI is InChI=1S/C17H27ClO/c1-17(2,3)10-6-8-15(13-18)11-14-7-5-9-16(12-14)19-4/h5,7,9,12,15H,6,8,10-11,13H2,1-4H3. The number of hydrogen-bond acceptors (Lipinski definition) is 1. The molecule has 1 unspecified atom stereocenters. The van der Waals surface area contributed by atoms with Gasteiger partial charge in [-0.25, -0.2) is 0 Å². The smallest absolute Gasteiger partial charge is 0.119 e. The van der Waals surface area contributed by atoms with E-state index in [2.05, 4.69) is 39.0 Å². The second kappa shape index (κ2) is 7.79. The summed E-state index contributed by atoms with van der Waals surface area (Å²) in [6.45, 7) is 6.89. The Morgan fingerprint density at radius 3 is 2.58 bits per heavy atom. The molecule has 0 aliphatic heterocycles. The summed E-state index contributed by atoms with van der Waals surface area (Å²) in [5.74, 6) is 2.23. The normalized spacial score (nSPS) is 13.3. The van der Waals surface area contributed by atoms with Crippen LogP contribution in [0.25, 0.3) is 0 Å². The first-order valence-electron chi connectivity index (χ1n) is 7.13. The summed E-state index contributed by atoms with van der Waals surface area (Å²) in [6.07, 6.45) is 4.77. The third kappa shape index (κ3) is 6.87. The van der Waals surface area contributed by atoms with E-state index in [1.54, 1.807) is 7.11 Å². The van der Waals surface area contributed by atoms with Crippen LogP contribution in [0.1, 0.15) is 45.6 Å². The second-order valence-corrected chi connectivity index (χ2v) is 6.84. The molecule has 19 heavy (non-hydrogen) atoms. The van der Waals surface area contributed by atoms with Crippen molar-refractivity contribution in [2.75, 3.05) is 13.0 Å². The van der Waals surface area contributed by atoms with Crippen LogP contribution < -0.4 is 4.74 Å². The molecule has 1 aromatic rings. The number of halogens is 1. The van der Waals surface area contributed by atoms with Gasteiger partial charge < -0.3 is 4.74 Å². The number of methoxy groups -OCH3 is 1. The maximum atomic E-state index is 6.11. The van der Waals surface area contributed by atoms with Crippen LogP contribution in [-0.2, 0) is 6.42 Å². The minimum absolute atomic E-state index is 0.423. The van der Waals surface area contributed by atoms with Gasteiger partial charge in [-0.2, -0.15) is 0 Å². The molecule has 0 spiro atoms. The molecular formula is C17H27ClO. The highest BCUT2D eigenvalue weighted by Crippen LogP contribution is 2.25. The Morgan fingerprint density at radius 1 is 1.26 bits per heavy atom. The topological polar surface area (TPSA) is 9.23 Å². The van der Waals surface area contributed by atoms with Crippen LogP contribution in [0.4, 0.5) is 0 Å². The van der Waals surface area contributed by atoms with Gasteiger partial charge in [0.2, 0.25) is 0 Å². The van der Waals surface area contributed by atoms with Gasteiger partial charge in [0.25, 0.3) is 0 Å². The number of alkyl halides is 1. The summed E-state index contributed by atoms with van der Waals surface area (Å²) in [4.78, 5) is 0. The Bertz CT molecular complexity index is 368. The number of hydrogen-bond donors (Lipinski definition) is 0. The highest BCUT2D eigenvalue weighted by molar-refractivity contribution is 6.18. The van der Waals surface area contributed by atoms with Gasteiger partial charge in [-0.15, -0.1) is 11.6 Å². The average molecular weight is 283 g/mol. The average Bonchev–Trinajstić information content (AvgIpc) is 2.36. The van der Waals surface area contributed by atoms with E-state index in [1.165, 1.54) is 24.8 Å².